The smallest absolute Gasteiger partial charge is 0.354 e. The fourth-order valence-electron chi connectivity index (χ4n) is 1.78. The van der Waals surface area contributed by atoms with Crippen molar-refractivity contribution in [3.63, 3.8) is 0 Å². The third-order valence-electron chi connectivity index (χ3n) is 2.79. The summed E-state index contributed by atoms with van der Waals surface area (Å²) in [4.78, 5) is 14.8. The highest BCUT2D eigenvalue weighted by Crippen LogP contribution is 2.25. The van der Waals surface area contributed by atoms with Crippen LogP contribution in [0, 0.1) is 0 Å². The lowest BCUT2D eigenvalue weighted by Crippen LogP contribution is -2.03. The number of carboxylic acids is 1. The molecule has 2 rings (SSSR count). The van der Waals surface area contributed by atoms with Crippen LogP contribution in [0.5, 0.6) is 11.6 Å². The van der Waals surface area contributed by atoms with E-state index in [1.54, 1.807) is 0 Å². The van der Waals surface area contributed by atoms with Gasteiger partial charge < -0.3 is 15.6 Å². The van der Waals surface area contributed by atoms with Gasteiger partial charge in [-0.25, -0.2) is 9.78 Å². The van der Waals surface area contributed by atoms with Crippen LogP contribution in [0.1, 0.15) is 29.4 Å². The van der Waals surface area contributed by atoms with Gasteiger partial charge in [0.05, 0.1) is 5.69 Å². The molecule has 2 aromatic rings. The topological polar surface area (TPSA) is 85.4 Å². The molecule has 0 atom stereocenters. The Hall–Kier alpha value is -2.56. The number of aromatic nitrogens is 1. The largest absolute Gasteiger partial charge is 0.477 e. The lowest BCUT2D eigenvalue weighted by Gasteiger charge is -2.08. The lowest BCUT2D eigenvalue weighted by atomic mass is 10.1. The molecule has 1 aromatic heterocycles. The summed E-state index contributed by atoms with van der Waals surface area (Å²) in [5.41, 5.74) is 7.16. The minimum Gasteiger partial charge on any atom is -0.477 e. The average Bonchev–Trinajstić information content (AvgIpc) is 2.43. The first kappa shape index (κ1) is 13.9. The number of nitrogens with zero attached hydrogens (tertiary/aromatic N) is 1. The van der Waals surface area contributed by atoms with Crippen molar-refractivity contribution in [3.05, 3.63) is 47.7 Å². The molecule has 104 valence electrons. The number of carboxylic acid groups (broad SMARTS) is 1. The Morgan fingerprint density at radius 3 is 2.55 bits per heavy atom. The van der Waals surface area contributed by atoms with E-state index in [4.69, 9.17) is 15.6 Å². The quantitative estimate of drug-likeness (QED) is 0.873. The maximum absolute atomic E-state index is 10.9. The molecule has 0 saturated heterocycles. The van der Waals surface area contributed by atoms with Gasteiger partial charge in [-0.15, -0.1) is 0 Å². The Kier molecular flexibility index (Phi) is 4.20. The first-order valence-corrected chi connectivity index (χ1v) is 6.36. The summed E-state index contributed by atoms with van der Waals surface area (Å²) < 4.78 is 5.53. The van der Waals surface area contributed by atoms with Gasteiger partial charge in [0.2, 0.25) is 5.88 Å². The third kappa shape index (κ3) is 3.26. The normalized spacial score (nSPS) is 10.2. The van der Waals surface area contributed by atoms with Crippen molar-refractivity contribution in [1.29, 1.82) is 0 Å². The van der Waals surface area contributed by atoms with E-state index in [1.165, 1.54) is 17.7 Å². The molecule has 0 radical (unpaired) electrons. The molecule has 0 aliphatic heterocycles. The van der Waals surface area contributed by atoms with Crippen LogP contribution in [0.15, 0.2) is 36.4 Å². The molecule has 0 fully saturated rings. The van der Waals surface area contributed by atoms with E-state index >= 15 is 0 Å². The number of anilines is 1. The molecule has 0 aliphatic rings. The first-order chi connectivity index (χ1) is 9.60. The maximum atomic E-state index is 10.9. The number of rotatable bonds is 5. The van der Waals surface area contributed by atoms with E-state index in [2.05, 4.69) is 11.9 Å². The highest BCUT2D eigenvalue weighted by Gasteiger charge is 2.10. The summed E-state index contributed by atoms with van der Waals surface area (Å²) in [6.07, 6.45) is 2.09. The van der Waals surface area contributed by atoms with Gasteiger partial charge in [0.15, 0.2) is 5.69 Å². The van der Waals surface area contributed by atoms with Crippen molar-refractivity contribution in [2.24, 2.45) is 0 Å². The van der Waals surface area contributed by atoms with Gasteiger partial charge >= 0.3 is 5.97 Å². The van der Waals surface area contributed by atoms with Crippen molar-refractivity contribution >= 4 is 11.7 Å². The number of aryl methyl sites for hydroxylation is 1. The second-order valence-electron chi connectivity index (χ2n) is 4.39. The molecule has 1 aromatic carbocycles. The summed E-state index contributed by atoms with van der Waals surface area (Å²) >= 11 is 0. The fourth-order valence-corrected chi connectivity index (χ4v) is 1.78. The number of carbonyl (C=O) groups is 1. The van der Waals surface area contributed by atoms with Crippen molar-refractivity contribution in [3.8, 4) is 11.6 Å². The summed E-state index contributed by atoms with van der Waals surface area (Å²) in [7, 11) is 0. The van der Waals surface area contributed by atoms with Crippen LogP contribution in [0.4, 0.5) is 5.69 Å². The van der Waals surface area contributed by atoms with Crippen LogP contribution >= 0.6 is 0 Å². The molecular formula is C15H16N2O3. The Labute approximate surface area is 117 Å². The van der Waals surface area contributed by atoms with Crippen molar-refractivity contribution < 1.29 is 14.6 Å². The van der Waals surface area contributed by atoms with E-state index in [-0.39, 0.29) is 11.6 Å². The number of hydrogen-bond acceptors (Lipinski definition) is 4. The summed E-state index contributed by atoms with van der Waals surface area (Å²) in [6, 6.07) is 10.4. The minimum absolute atomic E-state index is 0.100. The van der Waals surface area contributed by atoms with Crippen LogP contribution in [-0.4, -0.2) is 16.1 Å². The van der Waals surface area contributed by atoms with Gasteiger partial charge in [0.1, 0.15) is 5.75 Å². The third-order valence-corrected chi connectivity index (χ3v) is 2.79. The number of nitrogens with two attached hydrogens (primary N) is 1. The van der Waals surface area contributed by atoms with Gasteiger partial charge in [-0.2, -0.15) is 0 Å². The molecule has 0 aliphatic carbocycles. The second-order valence-corrected chi connectivity index (χ2v) is 4.39. The molecule has 5 heteroatoms. The molecule has 0 unspecified atom stereocenters. The van der Waals surface area contributed by atoms with Crippen LogP contribution in [0.25, 0.3) is 0 Å². The van der Waals surface area contributed by atoms with Crippen LogP contribution in [0.3, 0.4) is 0 Å². The van der Waals surface area contributed by atoms with Crippen LogP contribution < -0.4 is 10.5 Å². The molecule has 0 spiro atoms. The molecule has 0 bridgehead atoms. The van der Waals surface area contributed by atoms with Crippen LogP contribution in [-0.2, 0) is 6.42 Å². The molecule has 20 heavy (non-hydrogen) atoms. The standard InChI is InChI=1S/C15H16N2O3/c1-2-3-10-4-6-11(7-5-10)20-14-12(16)8-9-13(17-14)15(18)19/h4-9H,2-3,16H2,1H3,(H,18,19). The Bertz CT molecular complexity index is 609. The molecule has 1 heterocycles. The Morgan fingerprint density at radius 2 is 1.95 bits per heavy atom. The minimum atomic E-state index is -1.12. The predicted molar refractivity (Wildman–Crippen MR) is 76.1 cm³/mol. The van der Waals surface area contributed by atoms with Gasteiger partial charge in [-0.3, -0.25) is 0 Å². The highest BCUT2D eigenvalue weighted by molar-refractivity contribution is 5.86. The van der Waals surface area contributed by atoms with Crippen molar-refractivity contribution in [2.75, 3.05) is 5.73 Å². The molecular weight excluding hydrogens is 256 g/mol. The molecule has 0 saturated carbocycles. The zero-order valence-electron chi connectivity index (χ0n) is 11.2. The van der Waals surface area contributed by atoms with Gasteiger partial charge in [-0.05, 0) is 36.2 Å². The maximum Gasteiger partial charge on any atom is 0.354 e. The molecule has 0 amide bonds. The van der Waals surface area contributed by atoms with E-state index in [9.17, 15) is 4.79 Å². The molecule has 3 N–H and O–H groups in total. The van der Waals surface area contributed by atoms with Crippen molar-refractivity contribution in [2.45, 2.75) is 19.8 Å². The zero-order valence-corrected chi connectivity index (χ0v) is 11.2. The number of pyridine rings is 1. The zero-order chi connectivity index (χ0) is 14.5. The SMILES string of the molecule is CCCc1ccc(Oc2nc(C(=O)O)ccc2N)cc1. The van der Waals surface area contributed by atoms with Gasteiger partial charge in [0, 0.05) is 0 Å². The first-order valence-electron chi connectivity index (χ1n) is 6.36. The van der Waals surface area contributed by atoms with Gasteiger partial charge in [0.25, 0.3) is 0 Å². The number of benzene rings is 1. The number of ether oxygens (including phenoxy) is 1. The summed E-state index contributed by atoms with van der Waals surface area (Å²) in [5.74, 6) is -0.437. The van der Waals surface area contributed by atoms with E-state index in [0.29, 0.717) is 11.4 Å². The molecule has 5 nitrogen and oxygen atoms in total. The highest BCUT2D eigenvalue weighted by atomic mass is 16.5. The summed E-state index contributed by atoms with van der Waals surface area (Å²) in [5, 5.41) is 8.90. The van der Waals surface area contributed by atoms with Crippen molar-refractivity contribution in [1.82, 2.24) is 4.98 Å². The predicted octanol–water partition coefficient (Wildman–Crippen LogP) is 3.11. The average molecular weight is 272 g/mol. The number of aromatic carboxylic acids is 1. The Morgan fingerprint density at radius 1 is 1.25 bits per heavy atom. The summed E-state index contributed by atoms with van der Waals surface area (Å²) in [6.45, 7) is 2.12. The lowest BCUT2D eigenvalue weighted by molar-refractivity contribution is 0.0689. The van der Waals surface area contributed by atoms with E-state index in [0.717, 1.165) is 12.8 Å². The number of nitrogen functional groups attached to an aromatic ring is 1. The monoisotopic (exact) mass is 272 g/mol. The van der Waals surface area contributed by atoms with Crippen LogP contribution in [0.2, 0.25) is 0 Å². The van der Waals surface area contributed by atoms with Gasteiger partial charge in [-0.1, -0.05) is 25.5 Å². The van der Waals surface area contributed by atoms with E-state index in [1.807, 2.05) is 24.3 Å². The van der Waals surface area contributed by atoms with E-state index < -0.39 is 5.97 Å². The second kappa shape index (κ2) is 6.06. The fraction of sp³-hybridized carbons (Fsp3) is 0.200. The Balaban J connectivity index is 2.20. The number of hydrogen-bond donors (Lipinski definition) is 2.